The van der Waals surface area contributed by atoms with Gasteiger partial charge in [-0.2, -0.15) is 4.98 Å². The summed E-state index contributed by atoms with van der Waals surface area (Å²) in [6.07, 6.45) is 3.59. The summed E-state index contributed by atoms with van der Waals surface area (Å²) in [6.45, 7) is 5.48. The molecule has 0 unspecified atom stereocenters. The fraction of sp³-hybridized carbons (Fsp3) is 0.389. The lowest BCUT2D eigenvalue weighted by Gasteiger charge is -2.17. The Balaban J connectivity index is 2.06. The summed E-state index contributed by atoms with van der Waals surface area (Å²) in [4.78, 5) is 22.8. The van der Waals surface area contributed by atoms with Crippen LogP contribution < -0.4 is 20.7 Å². The molecule has 2 rings (SSSR count). The molecule has 0 bridgehead atoms. The number of nitrogens with zero attached hydrogens (tertiary/aromatic N) is 3. The molecule has 7 heteroatoms. The quantitative estimate of drug-likeness (QED) is 0.765. The Hall–Kier alpha value is -2.83. The van der Waals surface area contributed by atoms with Crippen molar-refractivity contribution in [3.8, 4) is 5.75 Å². The number of carbonyl (C=O) groups is 1. The summed E-state index contributed by atoms with van der Waals surface area (Å²) in [5.74, 6) is 1.09. The molecule has 25 heavy (non-hydrogen) atoms. The summed E-state index contributed by atoms with van der Waals surface area (Å²) in [7, 11) is 1.91. The minimum Gasteiger partial charge on any atom is -0.494 e. The molecule has 0 atom stereocenters. The number of aromatic nitrogens is 2. The predicted octanol–water partition coefficient (Wildman–Crippen LogP) is 2.95. The van der Waals surface area contributed by atoms with Crippen molar-refractivity contribution in [2.45, 2.75) is 26.7 Å². The molecule has 1 heterocycles. The molecule has 0 saturated heterocycles. The molecule has 7 nitrogen and oxygen atoms in total. The van der Waals surface area contributed by atoms with E-state index in [1.54, 1.807) is 24.3 Å². The molecule has 0 aliphatic carbocycles. The van der Waals surface area contributed by atoms with E-state index in [1.807, 2.05) is 18.9 Å². The largest absolute Gasteiger partial charge is 0.494 e. The second kappa shape index (κ2) is 8.86. The van der Waals surface area contributed by atoms with E-state index in [9.17, 15) is 4.79 Å². The van der Waals surface area contributed by atoms with Crippen LogP contribution in [0.25, 0.3) is 0 Å². The predicted molar refractivity (Wildman–Crippen MR) is 100 cm³/mol. The van der Waals surface area contributed by atoms with E-state index in [0.717, 1.165) is 25.1 Å². The summed E-state index contributed by atoms with van der Waals surface area (Å²) < 4.78 is 5.38. The fourth-order valence-electron chi connectivity index (χ4n) is 2.24. The van der Waals surface area contributed by atoms with E-state index in [-0.39, 0.29) is 17.3 Å². The number of amides is 1. The Labute approximate surface area is 148 Å². The zero-order valence-electron chi connectivity index (χ0n) is 15.0. The molecule has 0 aliphatic rings. The SMILES string of the molecule is CCCCN(C)c1ncc(C(=O)Nc2ccc(OCC)cc2)c(N)n1. The van der Waals surface area contributed by atoms with Gasteiger partial charge in [0.05, 0.1) is 6.61 Å². The van der Waals surface area contributed by atoms with Crippen molar-refractivity contribution in [3.63, 3.8) is 0 Å². The second-order valence-electron chi connectivity index (χ2n) is 5.66. The molecule has 1 amide bonds. The van der Waals surface area contributed by atoms with Crippen LogP contribution in [0.15, 0.2) is 30.5 Å². The number of nitrogen functional groups attached to an aromatic ring is 1. The van der Waals surface area contributed by atoms with Crippen LogP contribution in [0.4, 0.5) is 17.5 Å². The van der Waals surface area contributed by atoms with E-state index in [1.165, 1.54) is 6.20 Å². The highest BCUT2D eigenvalue weighted by Crippen LogP contribution is 2.18. The number of carbonyl (C=O) groups excluding carboxylic acids is 1. The Bertz CT molecular complexity index is 703. The average molecular weight is 343 g/mol. The standard InChI is InChI=1S/C18H25N5O2/c1-4-6-11-23(3)18-20-12-15(16(19)22-18)17(24)21-13-7-9-14(10-8-13)25-5-2/h7-10,12H,4-6,11H2,1-3H3,(H,21,24)(H2,19,20,22). The van der Waals surface area contributed by atoms with Gasteiger partial charge in [0.25, 0.3) is 5.91 Å². The number of benzene rings is 1. The first-order valence-corrected chi connectivity index (χ1v) is 8.43. The lowest BCUT2D eigenvalue weighted by atomic mass is 10.2. The summed E-state index contributed by atoms with van der Waals surface area (Å²) in [6, 6.07) is 7.13. The van der Waals surface area contributed by atoms with Crippen LogP contribution in [0.5, 0.6) is 5.75 Å². The molecule has 1 aromatic carbocycles. The molecule has 0 fully saturated rings. The third-order valence-corrected chi connectivity index (χ3v) is 3.66. The molecular formula is C18H25N5O2. The number of rotatable bonds is 8. The van der Waals surface area contributed by atoms with Crippen LogP contribution in [0, 0.1) is 0 Å². The lowest BCUT2D eigenvalue weighted by Crippen LogP contribution is -2.23. The summed E-state index contributed by atoms with van der Waals surface area (Å²) in [5, 5.41) is 2.78. The molecule has 0 aliphatic heterocycles. The highest BCUT2D eigenvalue weighted by Gasteiger charge is 2.14. The van der Waals surface area contributed by atoms with Gasteiger partial charge in [0.15, 0.2) is 0 Å². The first-order chi connectivity index (χ1) is 12.0. The van der Waals surface area contributed by atoms with Crippen molar-refractivity contribution in [1.29, 1.82) is 0 Å². The highest BCUT2D eigenvalue weighted by atomic mass is 16.5. The van der Waals surface area contributed by atoms with E-state index >= 15 is 0 Å². The van der Waals surface area contributed by atoms with Crippen LogP contribution in [-0.4, -0.2) is 36.1 Å². The van der Waals surface area contributed by atoms with Crippen molar-refractivity contribution < 1.29 is 9.53 Å². The average Bonchev–Trinajstić information content (AvgIpc) is 2.61. The summed E-state index contributed by atoms with van der Waals surface area (Å²) >= 11 is 0. The Morgan fingerprint density at radius 3 is 2.60 bits per heavy atom. The van der Waals surface area contributed by atoms with Crippen molar-refractivity contribution in [2.75, 3.05) is 36.1 Å². The van der Waals surface area contributed by atoms with E-state index in [4.69, 9.17) is 10.5 Å². The van der Waals surface area contributed by atoms with Crippen LogP contribution in [0.1, 0.15) is 37.0 Å². The number of hydrogen-bond donors (Lipinski definition) is 2. The minimum absolute atomic E-state index is 0.164. The number of nitrogens with two attached hydrogens (primary N) is 1. The first-order valence-electron chi connectivity index (χ1n) is 8.43. The monoisotopic (exact) mass is 343 g/mol. The normalized spacial score (nSPS) is 10.4. The number of hydrogen-bond acceptors (Lipinski definition) is 6. The third kappa shape index (κ3) is 5.07. The van der Waals surface area contributed by atoms with E-state index in [0.29, 0.717) is 18.2 Å². The van der Waals surface area contributed by atoms with Gasteiger partial charge in [-0.1, -0.05) is 13.3 Å². The molecular weight excluding hydrogens is 318 g/mol. The maximum atomic E-state index is 12.4. The van der Waals surface area contributed by atoms with Gasteiger partial charge in [-0.25, -0.2) is 4.98 Å². The van der Waals surface area contributed by atoms with Crippen LogP contribution >= 0.6 is 0 Å². The van der Waals surface area contributed by atoms with Crippen molar-refractivity contribution in [2.24, 2.45) is 0 Å². The lowest BCUT2D eigenvalue weighted by molar-refractivity contribution is 0.102. The second-order valence-corrected chi connectivity index (χ2v) is 5.66. The van der Waals surface area contributed by atoms with Crippen LogP contribution in [-0.2, 0) is 0 Å². The molecule has 1 aromatic heterocycles. The number of unbranched alkanes of at least 4 members (excludes halogenated alkanes) is 1. The van der Waals surface area contributed by atoms with E-state index in [2.05, 4.69) is 22.2 Å². The molecule has 2 aromatic rings. The zero-order valence-corrected chi connectivity index (χ0v) is 15.0. The van der Waals surface area contributed by atoms with Gasteiger partial charge in [-0.3, -0.25) is 4.79 Å². The third-order valence-electron chi connectivity index (χ3n) is 3.66. The Morgan fingerprint density at radius 2 is 2.00 bits per heavy atom. The zero-order chi connectivity index (χ0) is 18.2. The van der Waals surface area contributed by atoms with Crippen molar-refractivity contribution in [1.82, 2.24) is 9.97 Å². The summed E-state index contributed by atoms with van der Waals surface area (Å²) in [5.41, 5.74) is 6.85. The minimum atomic E-state index is -0.343. The van der Waals surface area contributed by atoms with Gasteiger partial charge < -0.3 is 20.7 Å². The van der Waals surface area contributed by atoms with Gasteiger partial charge in [0.2, 0.25) is 5.95 Å². The molecule has 0 radical (unpaired) electrons. The van der Waals surface area contributed by atoms with Crippen molar-refractivity contribution >= 4 is 23.4 Å². The van der Waals surface area contributed by atoms with E-state index < -0.39 is 0 Å². The van der Waals surface area contributed by atoms with Crippen molar-refractivity contribution in [3.05, 3.63) is 36.0 Å². The number of nitrogens with one attached hydrogen (secondary N) is 1. The number of ether oxygens (including phenoxy) is 1. The van der Waals surface area contributed by atoms with Gasteiger partial charge in [0, 0.05) is 25.5 Å². The fourth-order valence-corrected chi connectivity index (χ4v) is 2.24. The highest BCUT2D eigenvalue weighted by molar-refractivity contribution is 6.07. The number of anilines is 3. The maximum Gasteiger partial charge on any atom is 0.260 e. The molecule has 0 spiro atoms. The van der Waals surface area contributed by atoms with Gasteiger partial charge >= 0.3 is 0 Å². The van der Waals surface area contributed by atoms with Gasteiger partial charge in [-0.05, 0) is 37.6 Å². The Kier molecular flexibility index (Phi) is 6.56. The molecule has 134 valence electrons. The van der Waals surface area contributed by atoms with Gasteiger partial charge in [-0.15, -0.1) is 0 Å². The first kappa shape index (κ1) is 18.5. The van der Waals surface area contributed by atoms with Gasteiger partial charge in [0.1, 0.15) is 17.1 Å². The maximum absolute atomic E-state index is 12.4. The topological polar surface area (TPSA) is 93.4 Å². The Morgan fingerprint density at radius 1 is 1.28 bits per heavy atom. The van der Waals surface area contributed by atoms with Crippen LogP contribution in [0.3, 0.4) is 0 Å². The molecule has 3 N–H and O–H groups in total. The van der Waals surface area contributed by atoms with Crippen LogP contribution in [0.2, 0.25) is 0 Å². The molecule has 0 saturated carbocycles. The smallest absolute Gasteiger partial charge is 0.260 e.